The van der Waals surface area contributed by atoms with Crippen LogP contribution >= 0.6 is 0 Å². The van der Waals surface area contributed by atoms with Crippen LogP contribution in [0.3, 0.4) is 0 Å². The number of aliphatic imine (C=N–C) groups is 1. The molecule has 2 heterocycles. The summed E-state index contributed by atoms with van der Waals surface area (Å²) < 4.78 is 0. The molecule has 2 aliphatic rings. The van der Waals surface area contributed by atoms with Gasteiger partial charge in [0.25, 0.3) is 0 Å². The zero-order valence-electron chi connectivity index (χ0n) is 9.32. The molecule has 82 valence electrons. The highest BCUT2D eigenvalue weighted by Gasteiger charge is 2.35. The summed E-state index contributed by atoms with van der Waals surface area (Å²) in [5, 5.41) is 2.80. The molecule has 16 heavy (non-hydrogen) atoms. The highest BCUT2D eigenvalue weighted by molar-refractivity contribution is 6.07. The molecule has 2 aliphatic heterocycles. The fourth-order valence-electron chi connectivity index (χ4n) is 2.16. The SMILES string of the molecule is Cc1ccc2c(c1)CN1C(=N2)NC(=O)C1C. The molecule has 1 aromatic rings. The van der Waals surface area contributed by atoms with E-state index >= 15 is 0 Å². The van der Waals surface area contributed by atoms with Crippen molar-refractivity contribution in [3.05, 3.63) is 29.3 Å². The zero-order valence-corrected chi connectivity index (χ0v) is 9.32. The summed E-state index contributed by atoms with van der Waals surface area (Å²) in [6, 6.07) is 6.06. The number of nitrogens with one attached hydrogen (secondary N) is 1. The number of hydrogen-bond acceptors (Lipinski definition) is 3. The maximum Gasteiger partial charge on any atom is 0.249 e. The Labute approximate surface area is 94.0 Å². The van der Waals surface area contributed by atoms with E-state index in [0.717, 1.165) is 12.2 Å². The van der Waals surface area contributed by atoms with Gasteiger partial charge in [0.2, 0.25) is 11.9 Å². The molecular formula is C12H13N3O. The van der Waals surface area contributed by atoms with Crippen LogP contribution in [0.2, 0.25) is 0 Å². The number of nitrogens with zero attached hydrogens (tertiary/aromatic N) is 2. The van der Waals surface area contributed by atoms with E-state index < -0.39 is 0 Å². The molecule has 1 fully saturated rings. The molecule has 0 aliphatic carbocycles. The Hall–Kier alpha value is -1.84. The molecule has 1 N–H and O–H groups in total. The fraction of sp³-hybridized carbons (Fsp3) is 0.333. The Morgan fingerprint density at radius 3 is 3.12 bits per heavy atom. The Kier molecular flexibility index (Phi) is 1.80. The summed E-state index contributed by atoms with van der Waals surface area (Å²) in [4.78, 5) is 18.0. The number of hydrogen-bond donors (Lipinski definition) is 1. The highest BCUT2D eigenvalue weighted by Crippen LogP contribution is 2.29. The number of carbonyl (C=O) groups excluding carboxylic acids is 1. The van der Waals surface area contributed by atoms with Crippen LogP contribution in [-0.4, -0.2) is 22.8 Å². The molecule has 1 unspecified atom stereocenters. The number of aryl methyl sites for hydroxylation is 1. The van der Waals surface area contributed by atoms with Crippen molar-refractivity contribution in [1.29, 1.82) is 0 Å². The average Bonchev–Trinajstić information content (AvgIpc) is 2.52. The van der Waals surface area contributed by atoms with Gasteiger partial charge in [0.05, 0.1) is 5.69 Å². The predicted molar refractivity (Wildman–Crippen MR) is 61.4 cm³/mol. The molecular weight excluding hydrogens is 202 g/mol. The van der Waals surface area contributed by atoms with Crippen molar-refractivity contribution in [3.8, 4) is 0 Å². The van der Waals surface area contributed by atoms with Crippen molar-refractivity contribution in [2.75, 3.05) is 0 Å². The van der Waals surface area contributed by atoms with E-state index in [1.165, 1.54) is 11.1 Å². The summed E-state index contributed by atoms with van der Waals surface area (Å²) in [7, 11) is 0. The van der Waals surface area contributed by atoms with Gasteiger partial charge in [-0.05, 0) is 25.5 Å². The monoisotopic (exact) mass is 215 g/mol. The van der Waals surface area contributed by atoms with Crippen molar-refractivity contribution in [2.24, 2.45) is 4.99 Å². The van der Waals surface area contributed by atoms with Crippen molar-refractivity contribution in [3.63, 3.8) is 0 Å². The molecule has 1 amide bonds. The summed E-state index contributed by atoms with van der Waals surface area (Å²) in [5.41, 5.74) is 3.38. The van der Waals surface area contributed by atoms with Crippen molar-refractivity contribution >= 4 is 17.6 Å². The first-order valence-electron chi connectivity index (χ1n) is 5.41. The van der Waals surface area contributed by atoms with E-state index in [9.17, 15) is 4.79 Å². The van der Waals surface area contributed by atoms with Crippen LogP contribution in [0.25, 0.3) is 0 Å². The van der Waals surface area contributed by atoms with E-state index in [1.807, 2.05) is 24.0 Å². The van der Waals surface area contributed by atoms with Crippen LogP contribution < -0.4 is 5.32 Å². The molecule has 0 spiro atoms. The molecule has 1 saturated heterocycles. The summed E-state index contributed by atoms with van der Waals surface area (Å²) in [6.45, 7) is 4.73. The lowest BCUT2D eigenvalue weighted by Gasteiger charge is -2.26. The van der Waals surface area contributed by atoms with Crippen LogP contribution in [0, 0.1) is 6.92 Å². The summed E-state index contributed by atoms with van der Waals surface area (Å²) >= 11 is 0. The van der Waals surface area contributed by atoms with Gasteiger partial charge in [0, 0.05) is 6.54 Å². The molecule has 0 saturated carbocycles. The third-order valence-electron chi connectivity index (χ3n) is 3.16. The topological polar surface area (TPSA) is 44.7 Å². The van der Waals surface area contributed by atoms with Crippen molar-refractivity contribution in [2.45, 2.75) is 26.4 Å². The minimum atomic E-state index is -0.118. The largest absolute Gasteiger partial charge is 0.326 e. The van der Waals surface area contributed by atoms with Gasteiger partial charge < -0.3 is 4.90 Å². The first-order chi connectivity index (χ1) is 7.65. The van der Waals surface area contributed by atoms with Crippen molar-refractivity contribution in [1.82, 2.24) is 10.2 Å². The van der Waals surface area contributed by atoms with Crippen molar-refractivity contribution < 1.29 is 4.79 Å². The smallest absolute Gasteiger partial charge is 0.249 e. The van der Waals surface area contributed by atoms with E-state index in [2.05, 4.69) is 23.3 Å². The average molecular weight is 215 g/mol. The standard InChI is InChI=1S/C12H13N3O/c1-7-3-4-10-9(5-7)6-15-8(2)11(16)14-12(15)13-10/h3-5,8H,6H2,1-2H3,(H,13,14,16). The second-order valence-electron chi connectivity index (χ2n) is 4.36. The Morgan fingerprint density at radius 1 is 1.50 bits per heavy atom. The van der Waals surface area contributed by atoms with E-state index in [-0.39, 0.29) is 11.9 Å². The second-order valence-corrected chi connectivity index (χ2v) is 4.36. The highest BCUT2D eigenvalue weighted by atomic mass is 16.2. The molecule has 0 bridgehead atoms. The molecule has 4 nitrogen and oxygen atoms in total. The summed E-state index contributed by atoms with van der Waals surface area (Å²) in [6.07, 6.45) is 0. The van der Waals surface area contributed by atoms with Crippen LogP contribution in [-0.2, 0) is 11.3 Å². The number of benzene rings is 1. The third kappa shape index (κ3) is 1.23. The van der Waals surface area contributed by atoms with E-state index in [1.54, 1.807) is 0 Å². The first-order valence-corrected chi connectivity index (χ1v) is 5.41. The third-order valence-corrected chi connectivity index (χ3v) is 3.16. The lowest BCUT2D eigenvalue weighted by atomic mass is 10.1. The quantitative estimate of drug-likeness (QED) is 0.709. The van der Waals surface area contributed by atoms with Crippen LogP contribution in [0.15, 0.2) is 23.2 Å². The Bertz CT molecular complexity index is 507. The lowest BCUT2D eigenvalue weighted by molar-refractivity contribution is -0.121. The molecule has 4 heteroatoms. The minimum absolute atomic E-state index is 0.0308. The number of carbonyl (C=O) groups is 1. The Morgan fingerprint density at radius 2 is 2.31 bits per heavy atom. The van der Waals surface area contributed by atoms with E-state index in [0.29, 0.717) is 5.96 Å². The number of rotatable bonds is 0. The number of fused-ring (bicyclic) bond motifs is 2. The predicted octanol–water partition coefficient (Wildman–Crippen LogP) is 1.32. The van der Waals surface area contributed by atoms with Gasteiger partial charge >= 0.3 is 0 Å². The van der Waals surface area contributed by atoms with Gasteiger partial charge in [-0.15, -0.1) is 0 Å². The van der Waals surface area contributed by atoms with Gasteiger partial charge in [0.15, 0.2) is 0 Å². The Balaban J connectivity index is 2.07. The molecule has 0 aromatic heterocycles. The van der Waals surface area contributed by atoms with Gasteiger partial charge in [-0.1, -0.05) is 17.7 Å². The molecule has 1 aromatic carbocycles. The molecule has 3 rings (SSSR count). The maximum absolute atomic E-state index is 11.5. The van der Waals surface area contributed by atoms with Gasteiger partial charge in [-0.2, -0.15) is 0 Å². The van der Waals surface area contributed by atoms with E-state index in [4.69, 9.17) is 0 Å². The zero-order chi connectivity index (χ0) is 11.3. The maximum atomic E-state index is 11.5. The summed E-state index contributed by atoms with van der Waals surface area (Å²) in [5.74, 6) is 0.720. The van der Waals surface area contributed by atoms with Crippen LogP contribution in [0.5, 0.6) is 0 Å². The van der Waals surface area contributed by atoms with Gasteiger partial charge in [-0.3, -0.25) is 10.1 Å². The minimum Gasteiger partial charge on any atom is -0.326 e. The number of guanidine groups is 1. The fourth-order valence-corrected chi connectivity index (χ4v) is 2.16. The molecule has 1 atom stereocenters. The lowest BCUT2D eigenvalue weighted by Crippen LogP contribution is -2.35. The first kappa shape index (κ1) is 9.39. The van der Waals surface area contributed by atoms with Gasteiger partial charge in [-0.25, -0.2) is 4.99 Å². The van der Waals surface area contributed by atoms with Crippen LogP contribution in [0.1, 0.15) is 18.1 Å². The number of amides is 1. The van der Waals surface area contributed by atoms with Crippen LogP contribution in [0.4, 0.5) is 5.69 Å². The normalized spacial score (nSPS) is 22.4. The van der Waals surface area contributed by atoms with Gasteiger partial charge in [0.1, 0.15) is 6.04 Å². The second kappa shape index (κ2) is 3.07. The molecule has 0 radical (unpaired) electrons.